The van der Waals surface area contributed by atoms with Crippen molar-refractivity contribution in [1.82, 2.24) is 10.3 Å². The number of nitrogens with one attached hydrogen (secondary N) is 1. The van der Waals surface area contributed by atoms with Crippen molar-refractivity contribution in [1.29, 1.82) is 0 Å². The molecule has 0 radical (unpaired) electrons. The number of nitrogens with two attached hydrogens (primary N) is 1. The fourth-order valence-corrected chi connectivity index (χ4v) is 2.07. The van der Waals surface area contributed by atoms with Gasteiger partial charge in [0.15, 0.2) is 5.84 Å². The maximum Gasteiger partial charge on any atom is 0.189 e. The van der Waals surface area contributed by atoms with Gasteiger partial charge in [0.1, 0.15) is 5.69 Å². The van der Waals surface area contributed by atoms with Crippen molar-refractivity contribution in [3.63, 3.8) is 0 Å². The number of nitrogens with zero attached hydrogens (tertiary/aromatic N) is 2. The van der Waals surface area contributed by atoms with Gasteiger partial charge in [0.25, 0.3) is 0 Å². The number of oxime groups is 1. The minimum atomic E-state index is 0.0195. The van der Waals surface area contributed by atoms with Crippen LogP contribution in [0.2, 0.25) is 0 Å². The SMILES string of the molecule is NC(=NO)c1ncccc1CNCc1ccc(Br)cc1. The van der Waals surface area contributed by atoms with Gasteiger partial charge in [0.2, 0.25) is 0 Å². The zero-order valence-electron chi connectivity index (χ0n) is 10.8. The van der Waals surface area contributed by atoms with Gasteiger partial charge in [-0.15, -0.1) is 0 Å². The monoisotopic (exact) mass is 334 g/mol. The fraction of sp³-hybridized carbons (Fsp3) is 0.143. The number of pyridine rings is 1. The van der Waals surface area contributed by atoms with Crippen molar-refractivity contribution >= 4 is 21.8 Å². The molecule has 0 amide bonds. The summed E-state index contributed by atoms with van der Waals surface area (Å²) in [6.45, 7) is 1.33. The number of rotatable bonds is 5. The molecule has 4 N–H and O–H groups in total. The van der Waals surface area contributed by atoms with Crippen molar-refractivity contribution in [3.8, 4) is 0 Å². The minimum absolute atomic E-state index is 0.0195. The van der Waals surface area contributed by atoms with Crippen LogP contribution in [0.25, 0.3) is 0 Å². The largest absolute Gasteiger partial charge is 0.409 e. The van der Waals surface area contributed by atoms with Crippen molar-refractivity contribution in [2.75, 3.05) is 0 Å². The third-order valence-electron chi connectivity index (χ3n) is 2.80. The second-order valence-corrected chi connectivity index (χ2v) is 5.14. The van der Waals surface area contributed by atoms with E-state index >= 15 is 0 Å². The number of hydrogen-bond acceptors (Lipinski definition) is 4. The van der Waals surface area contributed by atoms with E-state index in [4.69, 9.17) is 10.9 Å². The second kappa shape index (κ2) is 7.02. The molecule has 5 nitrogen and oxygen atoms in total. The Hall–Kier alpha value is -1.92. The van der Waals surface area contributed by atoms with E-state index in [2.05, 4.69) is 31.4 Å². The second-order valence-electron chi connectivity index (χ2n) is 4.23. The van der Waals surface area contributed by atoms with Crippen LogP contribution in [0.1, 0.15) is 16.8 Å². The first-order chi connectivity index (χ1) is 9.70. The van der Waals surface area contributed by atoms with Crippen LogP contribution >= 0.6 is 15.9 Å². The van der Waals surface area contributed by atoms with Gasteiger partial charge in [-0.05, 0) is 29.3 Å². The van der Waals surface area contributed by atoms with Gasteiger partial charge < -0.3 is 16.3 Å². The molecule has 20 heavy (non-hydrogen) atoms. The highest BCUT2D eigenvalue weighted by Crippen LogP contribution is 2.11. The number of aromatic nitrogens is 1. The lowest BCUT2D eigenvalue weighted by atomic mass is 10.1. The molecule has 0 saturated carbocycles. The molecule has 1 aromatic carbocycles. The Labute approximate surface area is 125 Å². The Balaban J connectivity index is 1.99. The maximum atomic E-state index is 8.74. The van der Waals surface area contributed by atoms with E-state index in [1.165, 1.54) is 5.56 Å². The lowest BCUT2D eigenvalue weighted by molar-refractivity contribution is 0.318. The van der Waals surface area contributed by atoms with E-state index in [9.17, 15) is 0 Å². The number of halogens is 1. The van der Waals surface area contributed by atoms with E-state index in [1.54, 1.807) is 6.20 Å². The predicted molar refractivity (Wildman–Crippen MR) is 81.4 cm³/mol. The highest BCUT2D eigenvalue weighted by molar-refractivity contribution is 9.10. The summed E-state index contributed by atoms with van der Waals surface area (Å²) in [5, 5.41) is 15.0. The van der Waals surface area contributed by atoms with Crippen LogP contribution in [0.4, 0.5) is 0 Å². The summed E-state index contributed by atoms with van der Waals surface area (Å²) in [5.41, 5.74) is 8.17. The highest BCUT2D eigenvalue weighted by atomic mass is 79.9. The highest BCUT2D eigenvalue weighted by Gasteiger charge is 2.07. The summed E-state index contributed by atoms with van der Waals surface area (Å²) in [6.07, 6.45) is 1.62. The molecule has 0 atom stereocenters. The molecule has 1 aromatic heterocycles. The molecule has 2 rings (SSSR count). The molecule has 0 aliphatic rings. The molecule has 6 heteroatoms. The molecule has 0 aliphatic carbocycles. The Bertz CT molecular complexity index is 598. The fourth-order valence-electron chi connectivity index (χ4n) is 1.80. The molecule has 1 heterocycles. The lowest BCUT2D eigenvalue weighted by Crippen LogP contribution is -2.21. The van der Waals surface area contributed by atoms with Gasteiger partial charge in [0.05, 0.1) is 0 Å². The van der Waals surface area contributed by atoms with Crippen molar-refractivity contribution < 1.29 is 5.21 Å². The van der Waals surface area contributed by atoms with Gasteiger partial charge in [-0.3, -0.25) is 4.98 Å². The Morgan fingerprint density at radius 1 is 1.25 bits per heavy atom. The molecule has 2 aromatic rings. The number of amidine groups is 1. The van der Waals surface area contributed by atoms with Crippen LogP contribution in [-0.2, 0) is 13.1 Å². The molecular formula is C14H15BrN4O. The van der Waals surface area contributed by atoms with Crippen molar-refractivity contribution in [3.05, 3.63) is 63.9 Å². The molecule has 0 fully saturated rings. The van der Waals surface area contributed by atoms with Crippen LogP contribution in [0.15, 0.2) is 52.2 Å². The summed E-state index contributed by atoms with van der Waals surface area (Å²) >= 11 is 3.40. The molecule has 104 valence electrons. The summed E-state index contributed by atoms with van der Waals surface area (Å²) in [7, 11) is 0. The summed E-state index contributed by atoms with van der Waals surface area (Å²) in [6, 6.07) is 11.8. The molecule has 0 bridgehead atoms. The lowest BCUT2D eigenvalue weighted by Gasteiger charge is -2.08. The van der Waals surface area contributed by atoms with Gasteiger partial charge in [-0.25, -0.2) is 0 Å². The van der Waals surface area contributed by atoms with Crippen LogP contribution in [0.5, 0.6) is 0 Å². The third-order valence-corrected chi connectivity index (χ3v) is 3.33. The van der Waals surface area contributed by atoms with Crippen molar-refractivity contribution in [2.24, 2.45) is 10.9 Å². The Kier molecular flexibility index (Phi) is 5.09. The van der Waals surface area contributed by atoms with Crippen molar-refractivity contribution in [2.45, 2.75) is 13.1 Å². The Morgan fingerprint density at radius 3 is 2.70 bits per heavy atom. The first-order valence-corrected chi connectivity index (χ1v) is 6.87. The topological polar surface area (TPSA) is 83.5 Å². The van der Waals surface area contributed by atoms with Crippen LogP contribution in [0, 0.1) is 0 Å². The maximum absolute atomic E-state index is 8.74. The molecule has 0 saturated heterocycles. The van der Waals surface area contributed by atoms with Crippen LogP contribution in [-0.4, -0.2) is 16.0 Å². The van der Waals surface area contributed by atoms with Gasteiger partial charge in [0, 0.05) is 23.8 Å². The van der Waals surface area contributed by atoms with Crippen LogP contribution in [0.3, 0.4) is 0 Å². The number of hydrogen-bond donors (Lipinski definition) is 3. The molecule has 0 aliphatic heterocycles. The standard InChI is InChI=1S/C14H15BrN4O/c15-12-5-3-10(4-6-12)8-17-9-11-2-1-7-18-13(11)14(16)19-20/h1-7,17,20H,8-9H2,(H2,16,19). The summed E-state index contributed by atoms with van der Waals surface area (Å²) in [5.74, 6) is 0.0195. The summed E-state index contributed by atoms with van der Waals surface area (Å²) < 4.78 is 1.06. The zero-order chi connectivity index (χ0) is 14.4. The molecule has 0 spiro atoms. The van der Waals surface area contributed by atoms with Gasteiger partial charge in [-0.2, -0.15) is 0 Å². The molecular weight excluding hydrogens is 320 g/mol. The average Bonchev–Trinajstić information content (AvgIpc) is 2.49. The number of benzene rings is 1. The van der Waals surface area contributed by atoms with Crippen LogP contribution < -0.4 is 11.1 Å². The molecule has 0 unspecified atom stereocenters. The average molecular weight is 335 g/mol. The smallest absolute Gasteiger partial charge is 0.189 e. The van der Waals surface area contributed by atoms with E-state index < -0.39 is 0 Å². The van der Waals surface area contributed by atoms with Gasteiger partial charge in [-0.1, -0.05) is 39.3 Å². The zero-order valence-corrected chi connectivity index (χ0v) is 12.3. The predicted octanol–water partition coefficient (Wildman–Crippen LogP) is 2.23. The van der Waals surface area contributed by atoms with E-state index in [0.717, 1.165) is 16.6 Å². The van der Waals surface area contributed by atoms with E-state index in [-0.39, 0.29) is 5.84 Å². The first-order valence-electron chi connectivity index (χ1n) is 6.07. The Morgan fingerprint density at radius 2 is 2.00 bits per heavy atom. The van der Waals surface area contributed by atoms with E-state index in [1.807, 2.05) is 36.4 Å². The third kappa shape index (κ3) is 3.79. The van der Waals surface area contributed by atoms with Gasteiger partial charge >= 0.3 is 0 Å². The minimum Gasteiger partial charge on any atom is -0.409 e. The first kappa shape index (κ1) is 14.5. The quantitative estimate of drug-likeness (QED) is 0.339. The van der Waals surface area contributed by atoms with E-state index in [0.29, 0.717) is 12.2 Å². The normalized spacial score (nSPS) is 11.6. The summed E-state index contributed by atoms with van der Waals surface area (Å²) in [4.78, 5) is 4.12.